The number of nitrogens with one attached hydrogen (secondary N) is 1. The van der Waals surface area contributed by atoms with Crippen LogP contribution in [0.15, 0.2) is 72.9 Å². The lowest BCUT2D eigenvalue weighted by Crippen LogP contribution is -2.38. The van der Waals surface area contributed by atoms with Crippen LogP contribution in [-0.4, -0.2) is 42.3 Å². The number of nitrogens with zero attached hydrogens (tertiary/aromatic N) is 2. The normalized spacial score (nSPS) is 14.2. The number of carbonyl (C=O) groups excluding carboxylic acids is 3. The maximum absolute atomic E-state index is 12.8. The van der Waals surface area contributed by atoms with Gasteiger partial charge in [-0.3, -0.25) is 14.4 Å². The van der Waals surface area contributed by atoms with E-state index in [1.54, 1.807) is 59.5 Å². The molecular formula is C27H24F3N3O4. The monoisotopic (exact) mass is 511 g/mol. The number of carbonyl (C=O) groups is 3. The number of piperidine rings is 1. The predicted octanol–water partition coefficient (Wildman–Crippen LogP) is 4.73. The van der Waals surface area contributed by atoms with Crippen molar-refractivity contribution in [2.75, 3.05) is 29.9 Å². The van der Waals surface area contributed by atoms with Crippen LogP contribution < -0.4 is 10.2 Å². The van der Waals surface area contributed by atoms with Gasteiger partial charge in [0.2, 0.25) is 0 Å². The molecule has 1 N–H and O–H groups in total. The van der Waals surface area contributed by atoms with Crippen molar-refractivity contribution in [3.63, 3.8) is 0 Å². The Labute approximate surface area is 211 Å². The Balaban J connectivity index is 1.27. The highest BCUT2D eigenvalue weighted by Crippen LogP contribution is 2.30. The number of ether oxygens (including phenoxy) is 1. The predicted molar refractivity (Wildman–Crippen MR) is 130 cm³/mol. The molecule has 0 unspecified atom stereocenters. The van der Waals surface area contributed by atoms with Crippen LogP contribution in [0.4, 0.5) is 24.7 Å². The first-order valence-electron chi connectivity index (χ1n) is 11.7. The summed E-state index contributed by atoms with van der Waals surface area (Å²) < 4.78 is 43.4. The standard InChI is InChI=1S/C27H24F3N3O4/c28-27(29,30)20-10-11-23(31-16-20)33-14-12-19(13-15-33)26(36)37-17-24(34)32-22-9-5-4-8-21(22)25(35)18-6-2-1-3-7-18/h1-11,16,19H,12-15,17H2,(H,32,34). The molecule has 0 aliphatic carbocycles. The van der Waals surface area contributed by atoms with Crippen LogP contribution in [-0.2, 0) is 20.5 Å². The van der Waals surface area contributed by atoms with Gasteiger partial charge in [-0.1, -0.05) is 42.5 Å². The van der Waals surface area contributed by atoms with E-state index in [0.29, 0.717) is 48.6 Å². The molecule has 1 fully saturated rings. The molecule has 10 heteroatoms. The molecule has 0 atom stereocenters. The zero-order valence-electron chi connectivity index (χ0n) is 19.7. The third-order valence-electron chi connectivity index (χ3n) is 6.05. The summed E-state index contributed by atoms with van der Waals surface area (Å²) in [6.45, 7) is 0.325. The van der Waals surface area contributed by atoms with Gasteiger partial charge in [0, 0.05) is 30.4 Å². The van der Waals surface area contributed by atoms with Crippen LogP contribution in [0.2, 0.25) is 0 Å². The van der Waals surface area contributed by atoms with Crippen LogP contribution in [0.5, 0.6) is 0 Å². The second-order valence-electron chi connectivity index (χ2n) is 8.56. The lowest BCUT2D eigenvalue weighted by atomic mass is 9.97. The van der Waals surface area contributed by atoms with E-state index in [-0.39, 0.29) is 5.78 Å². The van der Waals surface area contributed by atoms with Gasteiger partial charge in [-0.15, -0.1) is 0 Å². The molecule has 1 saturated heterocycles. The highest BCUT2D eigenvalue weighted by Gasteiger charge is 2.32. The first-order chi connectivity index (χ1) is 17.7. The van der Waals surface area contributed by atoms with E-state index >= 15 is 0 Å². The number of esters is 1. The number of hydrogen-bond donors (Lipinski definition) is 1. The van der Waals surface area contributed by atoms with Gasteiger partial charge in [0.15, 0.2) is 12.4 Å². The second-order valence-corrected chi connectivity index (χ2v) is 8.56. The van der Waals surface area contributed by atoms with Crippen LogP contribution in [0, 0.1) is 5.92 Å². The zero-order chi connectivity index (χ0) is 26.4. The van der Waals surface area contributed by atoms with Gasteiger partial charge in [-0.25, -0.2) is 4.98 Å². The topological polar surface area (TPSA) is 88.6 Å². The van der Waals surface area contributed by atoms with E-state index < -0.39 is 36.1 Å². The van der Waals surface area contributed by atoms with Crippen LogP contribution in [0.3, 0.4) is 0 Å². The van der Waals surface area contributed by atoms with Crippen molar-refractivity contribution < 1.29 is 32.3 Å². The largest absolute Gasteiger partial charge is 0.455 e. The molecule has 0 saturated carbocycles. The number of benzene rings is 2. The molecule has 0 bridgehead atoms. The molecule has 4 rings (SSSR count). The summed E-state index contributed by atoms with van der Waals surface area (Å²) in [7, 11) is 0. The van der Waals surface area contributed by atoms with Crippen LogP contribution >= 0.6 is 0 Å². The molecule has 3 aromatic rings. The molecule has 192 valence electrons. The highest BCUT2D eigenvalue weighted by molar-refractivity contribution is 6.13. The fourth-order valence-electron chi connectivity index (χ4n) is 4.06. The van der Waals surface area contributed by atoms with Crippen molar-refractivity contribution in [1.82, 2.24) is 4.98 Å². The molecule has 2 aromatic carbocycles. The first-order valence-corrected chi connectivity index (χ1v) is 11.7. The van der Waals surface area contributed by atoms with Gasteiger partial charge in [0.1, 0.15) is 5.82 Å². The van der Waals surface area contributed by atoms with Gasteiger partial charge in [0.25, 0.3) is 5.91 Å². The molecule has 1 aromatic heterocycles. The van der Waals surface area contributed by atoms with E-state index in [9.17, 15) is 27.6 Å². The number of amides is 1. The summed E-state index contributed by atoms with van der Waals surface area (Å²) in [6.07, 6.45) is -2.83. The molecule has 1 aliphatic rings. The number of halogens is 3. The Morgan fingerprint density at radius 1 is 0.946 bits per heavy atom. The number of hydrogen-bond acceptors (Lipinski definition) is 6. The average molecular weight is 512 g/mol. The number of rotatable bonds is 7. The Bertz CT molecular complexity index is 1260. The van der Waals surface area contributed by atoms with Gasteiger partial charge in [-0.05, 0) is 37.1 Å². The summed E-state index contributed by atoms with van der Waals surface area (Å²) in [5.41, 5.74) is 0.292. The number of ketones is 1. The highest BCUT2D eigenvalue weighted by atomic mass is 19.4. The quantitative estimate of drug-likeness (QED) is 0.365. The minimum absolute atomic E-state index is 0.247. The van der Waals surface area contributed by atoms with Gasteiger partial charge >= 0.3 is 12.1 Å². The molecule has 37 heavy (non-hydrogen) atoms. The van der Waals surface area contributed by atoms with Gasteiger partial charge in [-0.2, -0.15) is 13.2 Å². The smallest absolute Gasteiger partial charge is 0.417 e. The fraction of sp³-hybridized carbons (Fsp3) is 0.259. The molecule has 1 amide bonds. The van der Waals surface area contributed by atoms with Crippen LogP contribution in [0.25, 0.3) is 0 Å². The van der Waals surface area contributed by atoms with Crippen molar-refractivity contribution in [2.24, 2.45) is 5.92 Å². The molecule has 2 heterocycles. The minimum atomic E-state index is -4.45. The lowest BCUT2D eigenvalue weighted by Gasteiger charge is -2.31. The SMILES string of the molecule is O=C(COC(=O)C1CCN(c2ccc(C(F)(F)F)cn2)CC1)Nc1ccccc1C(=O)c1ccccc1. The number of alkyl halides is 3. The third-order valence-corrected chi connectivity index (χ3v) is 6.05. The van der Waals surface area contributed by atoms with E-state index in [1.807, 2.05) is 0 Å². The Morgan fingerprint density at radius 3 is 2.27 bits per heavy atom. The summed E-state index contributed by atoms with van der Waals surface area (Å²) in [6, 6.07) is 17.5. The third kappa shape index (κ3) is 6.52. The number of anilines is 2. The van der Waals surface area contributed by atoms with Crippen molar-refractivity contribution >= 4 is 29.2 Å². The Hall–Kier alpha value is -4.21. The first kappa shape index (κ1) is 25.9. The zero-order valence-corrected chi connectivity index (χ0v) is 19.7. The van der Waals surface area contributed by atoms with Crippen molar-refractivity contribution in [3.8, 4) is 0 Å². The Kier molecular flexibility index (Phi) is 7.86. The van der Waals surface area contributed by atoms with E-state index in [2.05, 4.69) is 10.3 Å². The number of pyridine rings is 1. The average Bonchev–Trinajstić information content (AvgIpc) is 2.92. The van der Waals surface area contributed by atoms with Gasteiger partial charge in [0.05, 0.1) is 17.2 Å². The lowest BCUT2D eigenvalue weighted by molar-refractivity contribution is -0.152. The second kappa shape index (κ2) is 11.2. The van der Waals surface area contributed by atoms with E-state index in [0.717, 1.165) is 12.3 Å². The fourth-order valence-corrected chi connectivity index (χ4v) is 4.06. The molecule has 1 aliphatic heterocycles. The summed E-state index contributed by atoms with van der Waals surface area (Å²) in [4.78, 5) is 43.5. The molecular weight excluding hydrogens is 487 g/mol. The minimum Gasteiger partial charge on any atom is -0.455 e. The molecule has 0 radical (unpaired) electrons. The number of para-hydroxylation sites is 1. The van der Waals surface area contributed by atoms with Crippen LogP contribution in [0.1, 0.15) is 34.3 Å². The maximum Gasteiger partial charge on any atom is 0.417 e. The van der Waals surface area contributed by atoms with E-state index in [1.165, 1.54) is 6.07 Å². The van der Waals surface area contributed by atoms with Crippen molar-refractivity contribution in [1.29, 1.82) is 0 Å². The maximum atomic E-state index is 12.8. The summed E-state index contributed by atoms with van der Waals surface area (Å²) >= 11 is 0. The van der Waals surface area contributed by atoms with Gasteiger partial charge < -0.3 is 15.0 Å². The van der Waals surface area contributed by atoms with E-state index in [4.69, 9.17) is 4.74 Å². The summed E-state index contributed by atoms with van der Waals surface area (Å²) in [5, 5.41) is 2.63. The molecule has 7 nitrogen and oxygen atoms in total. The summed E-state index contributed by atoms with van der Waals surface area (Å²) in [5.74, 6) is -1.38. The Morgan fingerprint density at radius 2 is 1.62 bits per heavy atom. The van der Waals surface area contributed by atoms with Crippen molar-refractivity contribution in [2.45, 2.75) is 19.0 Å². The number of aromatic nitrogens is 1. The van der Waals surface area contributed by atoms with Crippen molar-refractivity contribution in [3.05, 3.63) is 89.6 Å². The molecule has 0 spiro atoms.